The standard InChI is InChI=1S/C15H19N3O2S2/c1-20-11(19)8-21-15-17-13(16)12-9-6-4-2-3-5-7-10(9)22-14(12)18-15/h2-8H2,1H3,(H2,16,17,18). The molecule has 0 aromatic carbocycles. The number of rotatable bonds is 3. The van der Waals surface area contributed by atoms with Crippen LogP contribution in [0, 0.1) is 0 Å². The van der Waals surface area contributed by atoms with E-state index in [2.05, 4.69) is 14.7 Å². The Labute approximate surface area is 137 Å². The highest BCUT2D eigenvalue weighted by Gasteiger charge is 2.19. The zero-order chi connectivity index (χ0) is 15.5. The molecule has 0 radical (unpaired) electrons. The highest BCUT2D eigenvalue weighted by Crippen LogP contribution is 2.37. The van der Waals surface area contributed by atoms with Gasteiger partial charge >= 0.3 is 5.97 Å². The van der Waals surface area contributed by atoms with Crippen LogP contribution in [0.25, 0.3) is 10.2 Å². The van der Waals surface area contributed by atoms with E-state index in [9.17, 15) is 4.79 Å². The van der Waals surface area contributed by atoms with Gasteiger partial charge < -0.3 is 10.5 Å². The number of aryl methyl sites for hydroxylation is 2. The molecule has 2 aromatic rings. The molecule has 1 aliphatic carbocycles. The normalized spacial score (nSPS) is 15.1. The molecule has 0 unspecified atom stereocenters. The van der Waals surface area contributed by atoms with Gasteiger partial charge in [0.2, 0.25) is 0 Å². The Balaban J connectivity index is 1.94. The van der Waals surface area contributed by atoms with Gasteiger partial charge in [-0.05, 0) is 31.2 Å². The van der Waals surface area contributed by atoms with Crippen LogP contribution >= 0.6 is 23.1 Å². The Morgan fingerprint density at radius 1 is 1.27 bits per heavy atom. The second-order valence-electron chi connectivity index (χ2n) is 5.35. The first kappa shape index (κ1) is 15.6. The number of nitrogens with two attached hydrogens (primary N) is 1. The van der Waals surface area contributed by atoms with Gasteiger partial charge in [0.25, 0.3) is 0 Å². The van der Waals surface area contributed by atoms with Crippen LogP contribution in [0.2, 0.25) is 0 Å². The van der Waals surface area contributed by atoms with E-state index in [1.54, 1.807) is 11.3 Å². The monoisotopic (exact) mass is 337 g/mol. The molecule has 118 valence electrons. The molecule has 1 aliphatic rings. The van der Waals surface area contributed by atoms with Crippen molar-refractivity contribution in [1.29, 1.82) is 0 Å². The van der Waals surface area contributed by atoms with Crippen LogP contribution in [0.15, 0.2) is 5.16 Å². The molecule has 2 aromatic heterocycles. The van der Waals surface area contributed by atoms with Crippen molar-refractivity contribution in [2.24, 2.45) is 0 Å². The molecule has 2 N–H and O–H groups in total. The number of thioether (sulfide) groups is 1. The predicted octanol–water partition coefficient (Wildman–Crippen LogP) is 3.20. The number of aromatic nitrogens is 2. The van der Waals surface area contributed by atoms with Crippen molar-refractivity contribution >= 4 is 45.1 Å². The summed E-state index contributed by atoms with van der Waals surface area (Å²) in [6, 6.07) is 0. The Morgan fingerprint density at radius 3 is 2.82 bits per heavy atom. The summed E-state index contributed by atoms with van der Waals surface area (Å²) in [6.07, 6.45) is 7.20. The van der Waals surface area contributed by atoms with E-state index in [1.807, 2.05) is 0 Å². The van der Waals surface area contributed by atoms with Gasteiger partial charge in [0, 0.05) is 4.88 Å². The summed E-state index contributed by atoms with van der Waals surface area (Å²) in [6.45, 7) is 0. The average molecular weight is 337 g/mol. The summed E-state index contributed by atoms with van der Waals surface area (Å²) in [4.78, 5) is 22.6. The van der Waals surface area contributed by atoms with Gasteiger partial charge in [-0.2, -0.15) is 0 Å². The van der Waals surface area contributed by atoms with E-state index in [0.717, 1.165) is 23.1 Å². The number of nitrogens with zero attached hydrogens (tertiary/aromatic N) is 2. The average Bonchev–Trinajstić information content (AvgIpc) is 2.82. The molecule has 0 fully saturated rings. The Morgan fingerprint density at radius 2 is 2.05 bits per heavy atom. The van der Waals surface area contributed by atoms with Crippen LogP contribution in [0.5, 0.6) is 0 Å². The Bertz CT molecular complexity index is 700. The van der Waals surface area contributed by atoms with Crippen molar-refractivity contribution in [2.45, 2.75) is 43.7 Å². The first-order chi connectivity index (χ1) is 10.7. The number of hydrogen-bond acceptors (Lipinski definition) is 7. The lowest BCUT2D eigenvalue weighted by molar-refractivity contribution is -0.137. The van der Waals surface area contributed by atoms with E-state index in [4.69, 9.17) is 5.73 Å². The van der Waals surface area contributed by atoms with Crippen molar-refractivity contribution in [3.8, 4) is 0 Å². The zero-order valence-electron chi connectivity index (χ0n) is 12.6. The van der Waals surface area contributed by atoms with Crippen molar-refractivity contribution < 1.29 is 9.53 Å². The minimum atomic E-state index is -0.286. The maximum atomic E-state index is 11.2. The van der Waals surface area contributed by atoms with Gasteiger partial charge in [0.05, 0.1) is 18.2 Å². The predicted molar refractivity (Wildman–Crippen MR) is 90.4 cm³/mol. The minimum absolute atomic E-state index is 0.201. The van der Waals surface area contributed by atoms with E-state index in [0.29, 0.717) is 11.0 Å². The molecule has 3 rings (SSSR count). The molecule has 0 saturated carbocycles. The van der Waals surface area contributed by atoms with E-state index in [1.165, 1.54) is 55.0 Å². The Hall–Kier alpha value is -1.34. The van der Waals surface area contributed by atoms with Crippen LogP contribution in [-0.2, 0) is 22.4 Å². The molecule has 0 atom stereocenters. The van der Waals surface area contributed by atoms with Crippen molar-refractivity contribution in [3.63, 3.8) is 0 Å². The highest BCUT2D eigenvalue weighted by atomic mass is 32.2. The molecule has 0 aliphatic heterocycles. The molecule has 0 spiro atoms. The van der Waals surface area contributed by atoms with Gasteiger partial charge in [-0.3, -0.25) is 4.79 Å². The molecule has 0 amide bonds. The summed E-state index contributed by atoms with van der Waals surface area (Å²) in [5.74, 6) is 0.452. The summed E-state index contributed by atoms with van der Waals surface area (Å²) >= 11 is 3.00. The number of carbonyl (C=O) groups excluding carboxylic acids is 1. The third-order valence-electron chi connectivity index (χ3n) is 3.87. The highest BCUT2D eigenvalue weighted by molar-refractivity contribution is 7.99. The first-order valence-electron chi connectivity index (χ1n) is 7.46. The summed E-state index contributed by atoms with van der Waals surface area (Å²) in [5.41, 5.74) is 7.53. The lowest BCUT2D eigenvalue weighted by Gasteiger charge is -2.09. The number of thiophene rings is 1. The number of methoxy groups -OCH3 is 1. The lowest BCUT2D eigenvalue weighted by atomic mass is 9.98. The van der Waals surface area contributed by atoms with Gasteiger partial charge in [-0.15, -0.1) is 11.3 Å². The van der Waals surface area contributed by atoms with Crippen LogP contribution in [0.1, 0.15) is 36.1 Å². The molecule has 5 nitrogen and oxygen atoms in total. The molecule has 2 heterocycles. The van der Waals surface area contributed by atoms with Crippen LogP contribution in [-0.4, -0.2) is 28.8 Å². The first-order valence-corrected chi connectivity index (χ1v) is 9.26. The quantitative estimate of drug-likeness (QED) is 0.526. The molecule has 22 heavy (non-hydrogen) atoms. The number of carbonyl (C=O) groups is 1. The largest absolute Gasteiger partial charge is 0.468 e. The molecule has 0 saturated heterocycles. The molecule has 7 heteroatoms. The smallest absolute Gasteiger partial charge is 0.316 e. The fourth-order valence-corrected chi connectivity index (χ4v) is 4.78. The van der Waals surface area contributed by atoms with Gasteiger partial charge in [-0.25, -0.2) is 9.97 Å². The number of esters is 1. The van der Waals surface area contributed by atoms with Crippen molar-refractivity contribution in [2.75, 3.05) is 18.6 Å². The second-order valence-corrected chi connectivity index (χ2v) is 7.38. The minimum Gasteiger partial charge on any atom is -0.468 e. The maximum absolute atomic E-state index is 11.2. The van der Waals surface area contributed by atoms with E-state index in [-0.39, 0.29) is 11.7 Å². The zero-order valence-corrected chi connectivity index (χ0v) is 14.2. The number of ether oxygens (including phenoxy) is 1. The molecule has 0 bridgehead atoms. The van der Waals surface area contributed by atoms with Crippen molar-refractivity contribution in [3.05, 3.63) is 10.4 Å². The van der Waals surface area contributed by atoms with Gasteiger partial charge in [0.15, 0.2) is 5.16 Å². The SMILES string of the molecule is COC(=O)CSc1nc(N)c2c3c(sc2n1)CCCCCC3. The molecular formula is C15H19N3O2S2. The summed E-state index contributed by atoms with van der Waals surface area (Å²) in [7, 11) is 1.38. The number of anilines is 1. The van der Waals surface area contributed by atoms with E-state index < -0.39 is 0 Å². The summed E-state index contributed by atoms with van der Waals surface area (Å²) in [5, 5.41) is 1.58. The summed E-state index contributed by atoms with van der Waals surface area (Å²) < 4.78 is 4.64. The number of fused-ring (bicyclic) bond motifs is 3. The maximum Gasteiger partial charge on any atom is 0.316 e. The lowest BCUT2D eigenvalue weighted by Crippen LogP contribution is -2.04. The fraction of sp³-hybridized carbons (Fsp3) is 0.533. The topological polar surface area (TPSA) is 78.1 Å². The van der Waals surface area contributed by atoms with Crippen LogP contribution in [0.4, 0.5) is 5.82 Å². The van der Waals surface area contributed by atoms with Crippen LogP contribution < -0.4 is 5.73 Å². The third-order valence-corrected chi connectivity index (χ3v) is 5.88. The fourth-order valence-electron chi connectivity index (χ4n) is 2.77. The number of hydrogen-bond donors (Lipinski definition) is 1. The van der Waals surface area contributed by atoms with Gasteiger partial charge in [0.1, 0.15) is 10.6 Å². The third kappa shape index (κ3) is 3.20. The second kappa shape index (κ2) is 6.83. The van der Waals surface area contributed by atoms with Gasteiger partial charge in [-0.1, -0.05) is 24.6 Å². The van der Waals surface area contributed by atoms with Crippen molar-refractivity contribution in [1.82, 2.24) is 9.97 Å². The van der Waals surface area contributed by atoms with Crippen LogP contribution in [0.3, 0.4) is 0 Å². The number of nitrogen functional groups attached to an aromatic ring is 1. The van der Waals surface area contributed by atoms with E-state index >= 15 is 0 Å². The molecular weight excluding hydrogens is 318 g/mol. The Kier molecular flexibility index (Phi) is 4.83.